The summed E-state index contributed by atoms with van der Waals surface area (Å²) in [6.07, 6.45) is -3.28. The van der Waals surface area contributed by atoms with E-state index < -0.39 is 21.8 Å². The Labute approximate surface area is 242 Å². The minimum atomic E-state index is -4.54. The van der Waals surface area contributed by atoms with Gasteiger partial charge in [-0.2, -0.15) is 17.5 Å². The van der Waals surface area contributed by atoms with Gasteiger partial charge in [0.1, 0.15) is 30.2 Å². The predicted octanol–water partition coefficient (Wildman–Crippen LogP) is 6.15. The Morgan fingerprint density at radius 1 is 1.07 bits per heavy atom. The van der Waals surface area contributed by atoms with Gasteiger partial charge in [-0.15, -0.1) is 0 Å². The van der Waals surface area contributed by atoms with Gasteiger partial charge < -0.3 is 19.1 Å². The van der Waals surface area contributed by atoms with Gasteiger partial charge in [0, 0.05) is 29.2 Å². The zero-order chi connectivity index (χ0) is 29.4. The average molecular weight is 627 g/mol. The van der Waals surface area contributed by atoms with Crippen LogP contribution in [0.1, 0.15) is 11.1 Å². The zero-order valence-electron chi connectivity index (χ0n) is 21.6. The van der Waals surface area contributed by atoms with Crippen molar-refractivity contribution < 1.29 is 35.8 Å². The van der Waals surface area contributed by atoms with Crippen LogP contribution < -0.4 is 23.4 Å². The molecule has 0 spiro atoms. The molecule has 9 nitrogen and oxygen atoms in total. The van der Waals surface area contributed by atoms with Gasteiger partial charge in [-0.05, 0) is 42.5 Å². The average Bonchev–Trinajstić information content (AvgIpc) is 3.49. The van der Waals surface area contributed by atoms with Gasteiger partial charge in [0.25, 0.3) is 10.0 Å². The molecule has 0 N–H and O–H groups in total. The first-order chi connectivity index (χ1) is 19.5. The molecular formula is C26H22ClF3N4O5S2. The van der Waals surface area contributed by atoms with Crippen molar-refractivity contribution in [3.05, 3.63) is 77.1 Å². The third-order valence-corrected chi connectivity index (χ3v) is 9.16. The monoisotopic (exact) mass is 626 g/mol. The molecule has 41 heavy (non-hydrogen) atoms. The molecule has 1 aromatic heterocycles. The van der Waals surface area contributed by atoms with Gasteiger partial charge >= 0.3 is 6.18 Å². The van der Waals surface area contributed by atoms with E-state index in [-0.39, 0.29) is 34.0 Å². The largest absolute Gasteiger partial charge is 0.497 e. The van der Waals surface area contributed by atoms with E-state index in [1.54, 1.807) is 23.1 Å². The Balaban J connectivity index is 1.51. The Kier molecular flexibility index (Phi) is 7.90. The van der Waals surface area contributed by atoms with Crippen LogP contribution in [0.4, 0.5) is 29.7 Å². The minimum Gasteiger partial charge on any atom is -0.497 e. The van der Waals surface area contributed by atoms with Gasteiger partial charge in [-0.25, -0.2) is 17.7 Å². The number of rotatable bonds is 8. The quantitative estimate of drug-likeness (QED) is 0.230. The molecule has 0 unspecified atom stereocenters. The second kappa shape index (κ2) is 11.3. The highest BCUT2D eigenvalue weighted by atomic mass is 35.5. The summed E-state index contributed by atoms with van der Waals surface area (Å²) in [5.41, 5.74) is 0.480. The Morgan fingerprint density at radius 3 is 2.51 bits per heavy atom. The molecule has 216 valence electrons. The van der Waals surface area contributed by atoms with Crippen molar-refractivity contribution in [2.45, 2.75) is 17.6 Å². The number of hydrogen-bond donors (Lipinski definition) is 0. The highest BCUT2D eigenvalue weighted by Gasteiger charge is 2.33. The lowest BCUT2D eigenvalue weighted by Crippen LogP contribution is -2.32. The third-order valence-electron chi connectivity index (χ3n) is 6.32. The number of halogens is 4. The van der Waals surface area contributed by atoms with Crippen LogP contribution in [0.15, 0.2) is 65.8 Å². The topological polar surface area (TPSA) is 94.1 Å². The van der Waals surface area contributed by atoms with Crippen LogP contribution in [0.2, 0.25) is 5.02 Å². The Bertz CT molecular complexity index is 1670. The summed E-state index contributed by atoms with van der Waals surface area (Å²) in [6, 6.07) is 12.4. The number of ether oxygens (including phenoxy) is 3. The number of nitrogens with zero attached hydrogens (tertiary/aromatic N) is 4. The second-order valence-electron chi connectivity index (χ2n) is 8.71. The van der Waals surface area contributed by atoms with E-state index in [0.29, 0.717) is 35.0 Å². The number of hydrogen-bond acceptors (Lipinski definition) is 9. The summed E-state index contributed by atoms with van der Waals surface area (Å²) in [7, 11) is -1.22. The molecule has 0 saturated heterocycles. The SMILES string of the molecule is COc1ccc(CN(c2ncns2)S(=O)(=O)c2ccc3c(c2)OCCN3c2ccc(C(F)(F)F)cc2Cl)c(OC)c1. The second-order valence-corrected chi connectivity index (χ2v) is 11.7. The third kappa shape index (κ3) is 5.72. The summed E-state index contributed by atoms with van der Waals surface area (Å²) in [5, 5.41) is 0.0416. The molecule has 4 aromatic rings. The molecule has 5 rings (SSSR count). The van der Waals surface area contributed by atoms with Gasteiger partial charge in [0.2, 0.25) is 5.13 Å². The van der Waals surface area contributed by atoms with Gasteiger partial charge in [0.15, 0.2) is 0 Å². The number of aromatic nitrogens is 2. The van der Waals surface area contributed by atoms with Crippen LogP contribution in [-0.2, 0) is 22.7 Å². The maximum Gasteiger partial charge on any atom is 0.416 e. The smallest absolute Gasteiger partial charge is 0.416 e. The molecule has 0 aliphatic carbocycles. The van der Waals surface area contributed by atoms with E-state index in [4.69, 9.17) is 25.8 Å². The summed E-state index contributed by atoms with van der Waals surface area (Å²) < 4.78 is 88.9. The zero-order valence-corrected chi connectivity index (χ0v) is 23.9. The number of alkyl halides is 3. The fourth-order valence-electron chi connectivity index (χ4n) is 4.31. The molecule has 0 amide bonds. The maximum absolute atomic E-state index is 14.0. The number of methoxy groups -OCH3 is 2. The maximum atomic E-state index is 14.0. The van der Waals surface area contributed by atoms with Crippen molar-refractivity contribution >= 4 is 49.7 Å². The summed E-state index contributed by atoms with van der Waals surface area (Å²) in [4.78, 5) is 5.72. The van der Waals surface area contributed by atoms with Gasteiger partial charge in [-0.1, -0.05) is 11.6 Å². The van der Waals surface area contributed by atoms with E-state index in [9.17, 15) is 21.6 Å². The lowest BCUT2D eigenvalue weighted by atomic mass is 10.1. The fourth-order valence-corrected chi connectivity index (χ4v) is 6.74. The van der Waals surface area contributed by atoms with Crippen molar-refractivity contribution in [2.24, 2.45) is 0 Å². The van der Waals surface area contributed by atoms with Crippen molar-refractivity contribution in [1.82, 2.24) is 9.36 Å². The molecule has 0 radical (unpaired) electrons. The number of fused-ring (bicyclic) bond motifs is 1. The van der Waals surface area contributed by atoms with Crippen molar-refractivity contribution in [3.8, 4) is 17.2 Å². The van der Waals surface area contributed by atoms with E-state index >= 15 is 0 Å². The summed E-state index contributed by atoms with van der Waals surface area (Å²) >= 11 is 7.15. The molecule has 1 aliphatic rings. The van der Waals surface area contributed by atoms with Crippen LogP contribution in [0.25, 0.3) is 0 Å². The van der Waals surface area contributed by atoms with E-state index in [2.05, 4.69) is 9.36 Å². The van der Waals surface area contributed by atoms with Crippen LogP contribution in [0.3, 0.4) is 0 Å². The first-order valence-corrected chi connectivity index (χ1v) is 14.5. The van der Waals surface area contributed by atoms with E-state index in [1.807, 2.05) is 0 Å². The molecule has 0 bridgehead atoms. The minimum absolute atomic E-state index is 0.0840. The van der Waals surface area contributed by atoms with E-state index in [1.165, 1.54) is 44.8 Å². The van der Waals surface area contributed by atoms with Crippen molar-refractivity contribution in [2.75, 3.05) is 36.6 Å². The van der Waals surface area contributed by atoms with Crippen LogP contribution in [0.5, 0.6) is 17.2 Å². The molecule has 2 heterocycles. The predicted molar refractivity (Wildman–Crippen MR) is 148 cm³/mol. The molecule has 0 fully saturated rings. The normalized spacial score (nSPS) is 13.4. The molecule has 3 aromatic carbocycles. The van der Waals surface area contributed by atoms with Gasteiger partial charge in [-0.3, -0.25) is 0 Å². The van der Waals surface area contributed by atoms with Crippen molar-refractivity contribution in [3.63, 3.8) is 0 Å². The lowest BCUT2D eigenvalue weighted by molar-refractivity contribution is -0.137. The number of benzene rings is 3. The lowest BCUT2D eigenvalue weighted by Gasteiger charge is -2.32. The van der Waals surface area contributed by atoms with E-state index in [0.717, 1.165) is 28.0 Å². The standard InChI is InChI=1S/C26H22ClF3N4O5S2/c1-37-18-5-3-16(23(12-18)38-2)14-34(25-31-15-32-40-25)41(35,36)19-6-8-22-24(13-19)39-10-9-33(22)21-7-4-17(11-20(21)27)26(28,29)30/h3-8,11-13,15H,9-10,14H2,1-2H3. The number of sulfonamides is 1. The first kappa shape index (κ1) is 28.8. The summed E-state index contributed by atoms with van der Waals surface area (Å²) in [6.45, 7) is 0.325. The Hall–Kier alpha value is -3.75. The van der Waals surface area contributed by atoms with Crippen LogP contribution >= 0.6 is 23.1 Å². The first-order valence-electron chi connectivity index (χ1n) is 11.9. The molecule has 0 saturated carbocycles. The molecule has 0 atom stereocenters. The molecular weight excluding hydrogens is 605 g/mol. The fraction of sp³-hybridized carbons (Fsp3) is 0.231. The van der Waals surface area contributed by atoms with Crippen LogP contribution in [0, 0.1) is 0 Å². The molecule has 1 aliphatic heterocycles. The van der Waals surface area contributed by atoms with Crippen LogP contribution in [-0.4, -0.2) is 45.1 Å². The number of anilines is 3. The highest BCUT2D eigenvalue weighted by Crippen LogP contribution is 2.43. The van der Waals surface area contributed by atoms with Crippen molar-refractivity contribution in [1.29, 1.82) is 0 Å². The Morgan fingerprint density at radius 2 is 1.85 bits per heavy atom. The highest BCUT2D eigenvalue weighted by molar-refractivity contribution is 7.93. The summed E-state index contributed by atoms with van der Waals surface area (Å²) in [5.74, 6) is 1.19. The van der Waals surface area contributed by atoms with Gasteiger partial charge in [0.05, 0.1) is 54.2 Å². The molecule has 15 heteroatoms.